The first-order valence-corrected chi connectivity index (χ1v) is 10.1. The lowest BCUT2D eigenvalue weighted by atomic mass is 10.1. The van der Waals surface area contributed by atoms with Crippen molar-refractivity contribution in [3.63, 3.8) is 0 Å². The minimum Gasteiger partial charge on any atom is -0.468 e. The number of nitrogens with zero attached hydrogens (tertiary/aromatic N) is 2. The summed E-state index contributed by atoms with van der Waals surface area (Å²) in [5.74, 6) is -0.733. The van der Waals surface area contributed by atoms with Gasteiger partial charge in [0.2, 0.25) is 10.0 Å². The Morgan fingerprint density at radius 3 is 2.48 bits per heavy atom. The van der Waals surface area contributed by atoms with Gasteiger partial charge in [-0.25, -0.2) is 8.42 Å². The summed E-state index contributed by atoms with van der Waals surface area (Å²) in [5, 5.41) is 11.7. The van der Waals surface area contributed by atoms with Gasteiger partial charge in [0.1, 0.15) is 6.04 Å². The average molecular weight is 417 g/mol. The molecule has 0 aliphatic carbocycles. The van der Waals surface area contributed by atoms with E-state index in [-0.39, 0.29) is 17.0 Å². The van der Waals surface area contributed by atoms with Crippen LogP contribution in [0.2, 0.25) is 0 Å². The van der Waals surface area contributed by atoms with Crippen LogP contribution in [0.4, 0.5) is 5.69 Å². The first kappa shape index (κ1) is 20.5. The summed E-state index contributed by atoms with van der Waals surface area (Å²) >= 11 is 0. The summed E-state index contributed by atoms with van der Waals surface area (Å²) < 4.78 is 34.4. The van der Waals surface area contributed by atoms with Crippen LogP contribution in [0, 0.1) is 10.1 Å². The number of nitro benzene ring substituents is 1. The van der Waals surface area contributed by atoms with E-state index in [0.717, 1.165) is 40.7 Å². The predicted octanol–water partition coefficient (Wildman–Crippen LogP) is 2.15. The van der Waals surface area contributed by atoms with Gasteiger partial charge >= 0.3 is 5.97 Å². The molecule has 0 aliphatic heterocycles. The van der Waals surface area contributed by atoms with Crippen LogP contribution in [0.1, 0.15) is 5.56 Å². The van der Waals surface area contributed by atoms with Crippen molar-refractivity contribution in [2.45, 2.75) is 17.4 Å². The number of hydrogen-bond donors (Lipinski definition) is 1. The second kappa shape index (κ2) is 8.02. The summed E-state index contributed by atoms with van der Waals surface area (Å²) in [7, 11) is -1.06. The van der Waals surface area contributed by atoms with Crippen LogP contribution < -0.4 is 4.72 Å². The lowest BCUT2D eigenvalue weighted by Crippen LogP contribution is -2.42. The highest BCUT2D eigenvalue weighted by Crippen LogP contribution is 2.23. The Bertz CT molecular complexity index is 1170. The van der Waals surface area contributed by atoms with Crippen LogP contribution in [-0.2, 0) is 33.0 Å². The normalized spacial score (nSPS) is 12.6. The maximum Gasteiger partial charge on any atom is 0.324 e. The lowest BCUT2D eigenvalue weighted by Gasteiger charge is -2.16. The highest BCUT2D eigenvalue weighted by atomic mass is 32.2. The molecule has 0 saturated heterocycles. The molecule has 0 unspecified atom stereocenters. The number of aromatic nitrogens is 1. The van der Waals surface area contributed by atoms with E-state index in [0.29, 0.717) is 0 Å². The molecule has 0 aliphatic rings. The Morgan fingerprint density at radius 2 is 1.86 bits per heavy atom. The van der Waals surface area contributed by atoms with Crippen LogP contribution >= 0.6 is 0 Å². The number of sulfonamides is 1. The number of ether oxygens (including phenoxy) is 1. The molecule has 1 aromatic heterocycles. The molecular formula is C19H19N3O6S. The predicted molar refractivity (Wildman–Crippen MR) is 106 cm³/mol. The first-order chi connectivity index (χ1) is 13.7. The van der Waals surface area contributed by atoms with Crippen LogP contribution in [0.3, 0.4) is 0 Å². The number of nitro groups is 1. The van der Waals surface area contributed by atoms with Crippen LogP contribution in [-0.4, -0.2) is 37.0 Å². The number of benzene rings is 2. The highest BCUT2D eigenvalue weighted by Gasteiger charge is 2.28. The zero-order chi connectivity index (χ0) is 21.2. The molecule has 3 aromatic rings. The van der Waals surface area contributed by atoms with E-state index >= 15 is 0 Å². The average Bonchev–Trinajstić information content (AvgIpc) is 3.02. The smallest absolute Gasteiger partial charge is 0.324 e. The van der Waals surface area contributed by atoms with Crippen molar-refractivity contribution >= 4 is 32.6 Å². The summed E-state index contributed by atoms with van der Waals surface area (Å²) in [6.45, 7) is 0. The molecule has 3 rings (SSSR count). The highest BCUT2D eigenvalue weighted by molar-refractivity contribution is 7.89. The molecule has 1 N–H and O–H groups in total. The molecular weight excluding hydrogens is 398 g/mol. The summed E-state index contributed by atoms with van der Waals surface area (Å²) in [5.41, 5.74) is 1.50. The molecule has 0 amide bonds. The molecule has 2 aromatic carbocycles. The molecule has 10 heteroatoms. The molecule has 29 heavy (non-hydrogen) atoms. The molecule has 0 fully saturated rings. The van der Waals surface area contributed by atoms with E-state index < -0.39 is 27.0 Å². The van der Waals surface area contributed by atoms with E-state index in [1.54, 1.807) is 0 Å². The molecule has 0 spiro atoms. The Kier molecular flexibility index (Phi) is 5.66. The standard InChI is InChI=1S/C19H19N3O6S/c1-21-12-13(16-5-3-4-6-18(16)21)11-17(19(23)28-2)20-29(26,27)15-9-7-14(8-10-15)22(24)25/h3-10,12,17,20H,11H2,1-2H3/t17-/m1/s1. The van der Waals surface area contributed by atoms with E-state index in [4.69, 9.17) is 4.74 Å². The number of aryl methyl sites for hydroxylation is 1. The Morgan fingerprint density at radius 1 is 1.21 bits per heavy atom. The number of hydrogen-bond acceptors (Lipinski definition) is 6. The van der Waals surface area contributed by atoms with Crippen LogP contribution in [0.15, 0.2) is 59.6 Å². The topological polar surface area (TPSA) is 121 Å². The van der Waals surface area contributed by atoms with Gasteiger partial charge in [-0.05, 0) is 23.8 Å². The van der Waals surface area contributed by atoms with E-state index in [1.807, 2.05) is 42.1 Å². The van der Waals surface area contributed by atoms with Crippen molar-refractivity contribution in [1.29, 1.82) is 0 Å². The fourth-order valence-corrected chi connectivity index (χ4v) is 4.31. The van der Waals surface area contributed by atoms with Crippen molar-refractivity contribution in [2.75, 3.05) is 7.11 Å². The Hall–Kier alpha value is -3.24. The number of methoxy groups -OCH3 is 1. The van der Waals surface area contributed by atoms with Crippen molar-refractivity contribution in [3.05, 3.63) is 70.4 Å². The molecule has 0 saturated carbocycles. The number of rotatable bonds is 7. The molecule has 9 nitrogen and oxygen atoms in total. The van der Waals surface area contributed by atoms with Gasteiger partial charge in [-0.15, -0.1) is 0 Å². The third-order valence-electron chi connectivity index (χ3n) is 4.54. The Labute approximate surface area is 167 Å². The van der Waals surface area contributed by atoms with Gasteiger partial charge in [0.25, 0.3) is 5.69 Å². The number of fused-ring (bicyclic) bond motifs is 1. The van der Waals surface area contributed by atoms with Gasteiger partial charge in [0, 0.05) is 42.7 Å². The van der Waals surface area contributed by atoms with Crippen molar-refractivity contribution in [2.24, 2.45) is 7.05 Å². The zero-order valence-corrected chi connectivity index (χ0v) is 16.5. The third kappa shape index (κ3) is 4.28. The second-order valence-electron chi connectivity index (χ2n) is 6.43. The van der Waals surface area contributed by atoms with Crippen molar-refractivity contribution < 1.29 is 22.9 Å². The van der Waals surface area contributed by atoms with Gasteiger partial charge in [-0.2, -0.15) is 4.72 Å². The first-order valence-electron chi connectivity index (χ1n) is 8.60. The summed E-state index contributed by atoms with van der Waals surface area (Å²) in [6.07, 6.45) is 1.92. The van der Waals surface area contributed by atoms with Crippen molar-refractivity contribution in [3.8, 4) is 0 Å². The number of esters is 1. The SMILES string of the molecule is COC(=O)[C@@H](Cc1cn(C)c2ccccc12)NS(=O)(=O)c1ccc([N+](=O)[O-])cc1. The van der Waals surface area contributed by atoms with Gasteiger partial charge in [0.05, 0.1) is 16.9 Å². The third-order valence-corrected chi connectivity index (χ3v) is 6.03. The molecule has 0 radical (unpaired) electrons. The minimum atomic E-state index is -4.10. The van der Waals surface area contributed by atoms with Gasteiger partial charge in [-0.3, -0.25) is 14.9 Å². The molecule has 152 valence electrons. The van der Waals surface area contributed by atoms with Gasteiger partial charge in [-0.1, -0.05) is 18.2 Å². The quantitative estimate of drug-likeness (QED) is 0.357. The lowest BCUT2D eigenvalue weighted by molar-refractivity contribution is -0.384. The number of non-ortho nitro benzene ring substituents is 1. The van der Waals surface area contributed by atoms with Gasteiger partial charge in [0.15, 0.2) is 0 Å². The number of para-hydroxylation sites is 1. The van der Waals surface area contributed by atoms with E-state index in [2.05, 4.69) is 4.72 Å². The van der Waals surface area contributed by atoms with Crippen molar-refractivity contribution in [1.82, 2.24) is 9.29 Å². The maximum atomic E-state index is 12.7. The number of nitrogens with one attached hydrogen (secondary N) is 1. The summed E-state index contributed by atoms with van der Waals surface area (Å²) in [4.78, 5) is 22.2. The molecule has 1 heterocycles. The molecule has 1 atom stereocenters. The van der Waals surface area contributed by atoms with Crippen LogP contribution in [0.5, 0.6) is 0 Å². The number of carbonyl (C=O) groups is 1. The monoisotopic (exact) mass is 417 g/mol. The fraction of sp³-hybridized carbons (Fsp3) is 0.211. The largest absolute Gasteiger partial charge is 0.468 e. The van der Waals surface area contributed by atoms with E-state index in [1.165, 1.54) is 7.11 Å². The summed E-state index contributed by atoms with van der Waals surface area (Å²) in [6, 6.07) is 10.8. The maximum absolute atomic E-state index is 12.7. The minimum absolute atomic E-state index is 0.0836. The van der Waals surface area contributed by atoms with Gasteiger partial charge < -0.3 is 9.30 Å². The van der Waals surface area contributed by atoms with E-state index in [9.17, 15) is 23.3 Å². The second-order valence-corrected chi connectivity index (χ2v) is 8.15. The fourth-order valence-electron chi connectivity index (χ4n) is 3.13. The zero-order valence-electron chi connectivity index (χ0n) is 15.7. The van der Waals surface area contributed by atoms with Crippen LogP contribution in [0.25, 0.3) is 10.9 Å². The number of carbonyl (C=O) groups excluding carboxylic acids is 1. The Balaban J connectivity index is 1.90. The molecule has 0 bridgehead atoms.